The van der Waals surface area contributed by atoms with E-state index >= 15 is 0 Å². The molecular weight excluding hydrogens is 430 g/mol. The van der Waals surface area contributed by atoms with E-state index in [9.17, 15) is 4.79 Å². The van der Waals surface area contributed by atoms with Crippen LogP contribution in [0.3, 0.4) is 0 Å². The fourth-order valence-electron chi connectivity index (χ4n) is 5.65. The number of carbonyl (C=O) groups is 1. The Labute approximate surface area is 197 Å². The van der Waals surface area contributed by atoms with Gasteiger partial charge in [0, 0.05) is 29.9 Å². The number of aromatic nitrogens is 4. The average molecular weight is 458 g/mol. The van der Waals surface area contributed by atoms with Gasteiger partial charge in [-0.05, 0) is 74.8 Å². The van der Waals surface area contributed by atoms with E-state index in [1.54, 1.807) is 0 Å². The van der Waals surface area contributed by atoms with Gasteiger partial charge < -0.3 is 14.6 Å². The van der Waals surface area contributed by atoms with Gasteiger partial charge in [0.05, 0.1) is 5.56 Å². The Balaban J connectivity index is 1.16. The molecule has 4 aromatic rings. The van der Waals surface area contributed by atoms with Crippen LogP contribution in [0.1, 0.15) is 53.0 Å². The topological polar surface area (TPSA) is 97.1 Å². The molecular formula is C26H27N5O3. The van der Waals surface area contributed by atoms with E-state index in [0.29, 0.717) is 28.6 Å². The van der Waals surface area contributed by atoms with E-state index < -0.39 is 0 Å². The lowest BCUT2D eigenvalue weighted by Gasteiger charge is -2.39. The lowest BCUT2D eigenvalue weighted by molar-refractivity contribution is 0.0520. The van der Waals surface area contributed by atoms with Crippen molar-refractivity contribution in [3.8, 4) is 5.75 Å². The summed E-state index contributed by atoms with van der Waals surface area (Å²) in [7, 11) is 0. The van der Waals surface area contributed by atoms with Crippen LogP contribution in [0.5, 0.6) is 5.75 Å². The van der Waals surface area contributed by atoms with Crippen LogP contribution in [0.15, 0.2) is 53.4 Å². The predicted molar refractivity (Wildman–Crippen MR) is 125 cm³/mol. The number of pyridine rings is 1. The molecule has 2 aliphatic rings. The average Bonchev–Trinajstić information content (AvgIpc) is 3.55. The second-order valence-electron chi connectivity index (χ2n) is 9.48. The van der Waals surface area contributed by atoms with Crippen LogP contribution in [-0.4, -0.2) is 43.2 Å². The molecule has 3 aromatic heterocycles. The number of fused-ring (bicyclic) bond motifs is 3. The molecule has 0 unspecified atom stereocenters. The van der Waals surface area contributed by atoms with Gasteiger partial charge in [-0.1, -0.05) is 22.4 Å². The number of para-hydroxylation sites is 1. The number of nitrogens with one attached hydrogen (secondary N) is 1. The largest absolute Gasteiger partial charge is 0.486 e. The summed E-state index contributed by atoms with van der Waals surface area (Å²) < 4.78 is 10.7. The van der Waals surface area contributed by atoms with Crippen LogP contribution >= 0.6 is 0 Å². The van der Waals surface area contributed by atoms with Crippen LogP contribution in [0.4, 0.5) is 0 Å². The third-order valence-electron chi connectivity index (χ3n) is 7.27. The molecule has 0 radical (unpaired) electrons. The number of nitrogens with zero attached hydrogens (tertiary/aromatic N) is 4. The zero-order valence-electron chi connectivity index (χ0n) is 19.1. The highest BCUT2D eigenvalue weighted by molar-refractivity contribution is 5.97. The van der Waals surface area contributed by atoms with Gasteiger partial charge in [0.1, 0.15) is 29.4 Å². The first kappa shape index (κ1) is 20.9. The van der Waals surface area contributed by atoms with E-state index in [-0.39, 0.29) is 24.6 Å². The smallest absolute Gasteiger partial charge is 0.258 e. The monoisotopic (exact) mass is 457 g/mol. The van der Waals surface area contributed by atoms with Gasteiger partial charge in [0.25, 0.3) is 5.91 Å². The molecule has 1 amide bonds. The number of carbonyl (C=O) groups excluding carboxylic acids is 1. The molecule has 2 aliphatic heterocycles. The van der Waals surface area contributed by atoms with Crippen LogP contribution < -0.4 is 4.74 Å². The second kappa shape index (κ2) is 8.59. The summed E-state index contributed by atoms with van der Waals surface area (Å²) in [4.78, 5) is 23.5. The minimum Gasteiger partial charge on any atom is -0.486 e. The van der Waals surface area contributed by atoms with Crippen molar-refractivity contribution in [2.24, 2.45) is 5.92 Å². The predicted octanol–water partition coefficient (Wildman–Crippen LogP) is 4.46. The van der Waals surface area contributed by atoms with Crippen LogP contribution in [0.2, 0.25) is 0 Å². The number of rotatable bonds is 6. The number of hydrogen-bond donors (Lipinski definition) is 1. The summed E-state index contributed by atoms with van der Waals surface area (Å²) >= 11 is 0. The Kier molecular flexibility index (Phi) is 5.28. The number of H-pyrrole nitrogens is 1. The Morgan fingerprint density at radius 1 is 1.18 bits per heavy atom. The molecule has 6 rings (SSSR count). The van der Waals surface area contributed by atoms with Crippen LogP contribution in [0.25, 0.3) is 11.0 Å². The molecule has 2 fully saturated rings. The van der Waals surface area contributed by atoms with Gasteiger partial charge >= 0.3 is 0 Å². The highest BCUT2D eigenvalue weighted by Gasteiger charge is 2.43. The Bertz CT molecular complexity index is 1310. The van der Waals surface area contributed by atoms with Crippen molar-refractivity contribution in [3.05, 3.63) is 71.3 Å². The highest BCUT2D eigenvalue weighted by atomic mass is 16.6. The maximum Gasteiger partial charge on any atom is 0.258 e. The van der Waals surface area contributed by atoms with Crippen molar-refractivity contribution >= 4 is 16.9 Å². The first-order valence-electron chi connectivity index (χ1n) is 11.9. The first-order chi connectivity index (χ1) is 16.7. The molecule has 0 saturated carbocycles. The molecule has 0 spiro atoms. The zero-order valence-corrected chi connectivity index (χ0v) is 19.1. The van der Waals surface area contributed by atoms with Crippen molar-refractivity contribution in [3.63, 3.8) is 0 Å². The lowest BCUT2D eigenvalue weighted by atomic mass is 9.85. The molecule has 0 aliphatic carbocycles. The molecule has 174 valence electrons. The van der Waals surface area contributed by atoms with E-state index in [1.165, 1.54) is 5.56 Å². The molecule has 5 heterocycles. The van der Waals surface area contributed by atoms with E-state index in [2.05, 4.69) is 37.3 Å². The Morgan fingerprint density at radius 2 is 2.00 bits per heavy atom. The van der Waals surface area contributed by atoms with Crippen molar-refractivity contribution in [1.29, 1.82) is 0 Å². The summed E-state index contributed by atoms with van der Waals surface area (Å²) in [5, 5.41) is 8.82. The number of benzene rings is 1. The molecule has 8 nitrogen and oxygen atoms in total. The zero-order chi connectivity index (χ0) is 23.1. The highest BCUT2D eigenvalue weighted by Crippen LogP contribution is 2.41. The van der Waals surface area contributed by atoms with E-state index in [4.69, 9.17) is 9.37 Å². The number of hydrogen-bond acceptors (Lipinski definition) is 6. The van der Waals surface area contributed by atoms with E-state index in [0.717, 1.165) is 43.1 Å². The lowest BCUT2D eigenvalue weighted by Crippen LogP contribution is -2.47. The number of aryl methyl sites for hydroxylation is 1. The van der Waals surface area contributed by atoms with Crippen molar-refractivity contribution in [2.45, 2.75) is 57.7 Å². The van der Waals surface area contributed by atoms with Gasteiger partial charge in [-0.2, -0.15) is 0 Å². The fraction of sp³-hybridized carbons (Fsp3) is 0.385. The van der Waals surface area contributed by atoms with E-state index in [1.807, 2.05) is 43.6 Å². The minimum atomic E-state index is 0.0620. The third-order valence-corrected chi connectivity index (χ3v) is 7.27. The number of ether oxygens (including phenoxy) is 1. The van der Waals surface area contributed by atoms with Crippen molar-refractivity contribution < 1.29 is 14.2 Å². The Hall–Kier alpha value is -3.68. The van der Waals surface area contributed by atoms with Gasteiger partial charge in [-0.3, -0.25) is 4.79 Å². The summed E-state index contributed by atoms with van der Waals surface area (Å²) in [6.45, 7) is 2.04. The number of piperidine rings is 1. The van der Waals surface area contributed by atoms with Crippen molar-refractivity contribution in [1.82, 2.24) is 25.2 Å². The number of aromatic amines is 1. The van der Waals surface area contributed by atoms with Crippen LogP contribution in [0, 0.1) is 12.8 Å². The molecule has 1 N–H and O–H groups in total. The fourth-order valence-corrected chi connectivity index (χ4v) is 5.65. The number of amides is 1. The van der Waals surface area contributed by atoms with Gasteiger partial charge in [-0.15, -0.1) is 0 Å². The minimum absolute atomic E-state index is 0.0620. The molecule has 2 bridgehead atoms. The van der Waals surface area contributed by atoms with Crippen LogP contribution in [-0.2, 0) is 13.0 Å². The summed E-state index contributed by atoms with van der Waals surface area (Å²) in [6.07, 6.45) is 9.10. The molecule has 1 aromatic carbocycles. The molecule has 34 heavy (non-hydrogen) atoms. The maximum atomic E-state index is 13.7. The standard InChI is InChI=1S/C26H27N5O3/c1-16-23(30-34-29-16)15-33-24-5-3-2-4-22(24)26(32)31-20-6-7-21(31)13-17(12-20)10-18-11-19-8-9-27-25(19)28-14-18/h2-5,8-9,11,14,17,20-21H,6-7,10,12-13,15H2,1H3,(H,27,28)/t20-,21-/m0/s1. The SMILES string of the molecule is Cc1nonc1COc1ccccc1C(=O)N1[C@H]2CC[C@H]1CC(Cc1cnc3[nH]ccc3c1)C2. The summed E-state index contributed by atoms with van der Waals surface area (Å²) in [5.41, 5.74) is 4.13. The normalized spacial score (nSPS) is 21.8. The van der Waals surface area contributed by atoms with Gasteiger partial charge in [0.2, 0.25) is 0 Å². The molecule has 2 atom stereocenters. The first-order valence-corrected chi connectivity index (χ1v) is 11.9. The third kappa shape index (κ3) is 3.83. The van der Waals surface area contributed by atoms with Gasteiger partial charge in [0.15, 0.2) is 0 Å². The molecule has 2 saturated heterocycles. The second-order valence-corrected chi connectivity index (χ2v) is 9.48. The summed E-state index contributed by atoms with van der Waals surface area (Å²) in [5.74, 6) is 1.20. The molecule has 8 heteroatoms. The Morgan fingerprint density at radius 3 is 2.79 bits per heavy atom. The summed E-state index contributed by atoms with van der Waals surface area (Å²) in [6, 6.07) is 12.3. The van der Waals surface area contributed by atoms with Gasteiger partial charge in [-0.25, -0.2) is 9.61 Å². The van der Waals surface area contributed by atoms with Crippen molar-refractivity contribution in [2.75, 3.05) is 0 Å². The maximum absolute atomic E-state index is 13.7. The quantitative estimate of drug-likeness (QED) is 0.459.